The van der Waals surface area contributed by atoms with E-state index in [1.54, 1.807) is 12.1 Å². The van der Waals surface area contributed by atoms with Crippen molar-refractivity contribution >= 4 is 17.5 Å². The number of halogens is 1. The lowest BCUT2D eigenvalue weighted by atomic mass is 9.79. The van der Waals surface area contributed by atoms with Crippen LogP contribution < -0.4 is 5.32 Å². The number of hydrogen-bond donors (Lipinski definition) is 2. The summed E-state index contributed by atoms with van der Waals surface area (Å²) in [5.41, 5.74) is 0.704. The molecule has 1 aliphatic carbocycles. The second kappa shape index (κ2) is 6.15. The Morgan fingerprint density at radius 2 is 2.10 bits per heavy atom. The van der Waals surface area contributed by atoms with E-state index >= 15 is 0 Å². The molecule has 1 aliphatic rings. The van der Waals surface area contributed by atoms with Crippen LogP contribution in [0.4, 0.5) is 0 Å². The molecule has 20 heavy (non-hydrogen) atoms. The van der Waals surface area contributed by atoms with E-state index in [0.717, 1.165) is 31.2 Å². The van der Waals surface area contributed by atoms with Crippen LogP contribution in [0.2, 0.25) is 5.02 Å². The number of amides is 1. The van der Waals surface area contributed by atoms with Gasteiger partial charge in [-0.05, 0) is 56.2 Å². The Kier molecular flexibility index (Phi) is 4.71. The minimum atomic E-state index is -0.755. The van der Waals surface area contributed by atoms with Crippen LogP contribution >= 0.6 is 11.6 Å². The maximum atomic E-state index is 12.2. The lowest BCUT2D eigenvalue weighted by molar-refractivity contribution is -0.00540. The van der Waals surface area contributed by atoms with Crippen molar-refractivity contribution in [1.82, 2.24) is 5.32 Å². The van der Waals surface area contributed by atoms with Gasteiger partial charge in [-0.3, -0.25) is 4.79 Å². The molecule has 1 amide bonds. The van der Waals surface area contributed by atoms with Gasteiger partial charge in [0.25, 0.3) is 5.91 Å². The van der Waals surface area contributed by atoms with Gasteiger partial charge in [-0.15, -0.1) is 0 Å². The number of carbonyl (C=O) groups excluding carboxylic acids is 1. The van der Waals surface area contributed by atoms with E-state index in [2.05, 4.69) is 12.2 Å². The largest absolute Gasteiger partial charge is 0.388 e. The lowest BCUT2D eigenvalue weighted by Gasteiger charge is -2.35. The van der Waals surface area contributed by atoms with E-state index < -0.39 is 5.60 Å². The van der Waals surface area contributed by atoms with E-state index in [1.807, 2.05) is 13.0 Å². The van der Waals surface area contributed by atoms with Crippen LogP contribution in [0.25, 0.3) is 0 Å². The van der Waals surface area contributed by atoms with E-state index in [-0.39, 0.29) is 5.91 Å². The van der Waals surface area contributed by atoms with Crippen molar-refractivity contribution in [3.8, 4) is 0 Å². The predicted octanol–water partition coefficient (Wildman–Crippen LogP) is 3.32. The average Bonchev–Trinajstić information content (AvgIpc) is 2.43. The molecule has 110 valence electrons. The summed E-state index contributed by atoms with van der Waals surface area (Å²) in [6, 6.07) is 5.26. The third kappa shape index (κ3) is 3.74. The molecule has 0 saturated heterocycles. The minimum Gasteiger partial charge on any atom is -0.388 e. The number of benzene rings is 1. The first-order valence-corrected chi connectivity index (χ1v) is 7.54. The molecule has 0 bridgehead atoms. The highest BCUT2D eigenvalue weighted by atomic mass is 35.5. The zero-order valence-electron chi connectivity index (χ0n) is 12.1. The van der Waals surface area contributed by atoms with E-state index in [1.165, 1.54) is 0 Å². The second-order valence-corrected chi connectivity index (χ2v) is 6.49. The van der Waals surface area contributed by atoms with Crippen molar-refractivity contribution < 1.29 is 9.90 Å². The first-order chi connectivity index (χ1) is 9.39. The molecule has 4 heteroatoms. The van der Waals surface area contributed by atoms with Crippen molar-refractivity contribution in [1.29, 1.82) is 0 Å². The average molecular weight is 296 g/mol. The topological polar surface area (TPSA) is 49.3 Å². The lowest BCUT2D eigenvalue weighted by Crippen LogP contribution is -2.45. The molecule has 0 atom stereocenters. The fourth-order valence-electron chi connectivity index (χ4n) is 2.66. The number of carbonyl (C=O) groups is 1. The van der Waals surface area contributed by atoms with Crippen molar-refractivity contribution in [2.24, 2.45) is 5.92 Å². The van der Waals surface area contributed by atoms with Crippen molar-refractivity contribution in [3.05, 3.63) is 34.3 Å². The van der Waals surface area contributed by atoms with Crippen molar-refractivity contribution in [3.63, 3.8) is 0 Å². The molecule has 1 aromatic rings. The summed E-state index contributed by atoms with van der Waals surface area (Å²) in [5, 5.41) is 13.9. The zero-order chi connectivity index (χ0) is 14.8. The Bertz CT molecular complexity index is 493. The van der Waals surface area contributed by atoms with Crippen LogP contribution in [0.3, 0.4) is 0 Å². The van der Waals surface area contributed by atoms with Gasteiger partial charge in [0.15, 0.2) is 0 Å². The highest BCUT2D eigenvalue weighted by molar-refractivity contribution is 6.31. The summed E-state index contributed by atoms with van der Waals surface area (Å²) in [7, 11) is 0. The number of hydrogen-bond acceptors (Lipinski definition) is 2. The van der Waals surface area contributed by atoms with Gasteiger partial charge < -0.3 is 10.4 Å². The van der Waals surface area contributed by atoms with E-state index in [4.69, 9.17) is 11.6 Å². The summed E-state index contributed by atoms with van der Waals surface area (Å²) >= 11 is 5.92. The smallest absolute Gasteiger partial charge is 0.251 e. The van der Waals surface area contributed by atoms with Gasteiger partial charge in [0.05, 0.1) is 5.60 Å². The van der Waals surface area contributed by atoms with Crippen LogP contribution in [-0.4, -0.2) is 23.2 Å². The highest BCUT2D eigenvalue weighted by Crippen LogP contribution is 2.31. The Hall–Kier alpha value is -1.06. The Morgan fingerprint density at radius 3 is 2.75 bits per heavy atom. The molecule has 1 fully saturated rings. The number of aryl methyl sites for hydroxylation is 1. The molecule has 1 saturated carbocycles. The van der Waals surface area contributed by atoms with Crippen LogP contribution in [0.1, 0.15) is 48.5 Å². The van der Waals surface area contributed by atoms with Gasteiger partial charge in [-0.1, -0.05) is 24.6 Å². The molecule has 2 rings (SSSR count). The van der Waals surface area contributed by atoms with Gasteiger partial charge in [0.2, 0.25) is 0 Å². The maximum Gasteiger partial charge on any atom is 0.251 e. The quantitative estimate of drug-likeness (QED) is 0.899. The monoisotopic (exact) mass is 295 g/mol. The van der Waals surface area contributed by atoms with E-state index in [9.17, 15) is 9.90 Å². The fourth-order valence-corrected chi connectivity index (χ4v) is 2.83. The Balaban J connectivity index is 1.97. The molecule has 2 N–H and O–H groups in total. The fraction of sp³-hybridized carbons (Fsp3) is 0.562. The molecular formula is C16H22ClNO2. The van der Waals surface area contributed by atoms with Crippen LogP contribution in [0.5, 0.6) is 0 Å². The Morgan fingerprint density at radius 1 is 1.45 bits per heavy atom. The zero-order valence-corrected chi connectivity index (χ0v) is 12.8. The van der Waals surface area contributed by atoms with Gasteiger partial charge >= 0.3 is 0 Å². The van der Waals surface area contributed by atoms with Crippen LogP contribution in [0.15, 0.2) is 18.2 Å². The van der Waals surface area contributed by atoms with Crippen LogP contribution in [0, 0.1) is 12.8 Å². The second-order valence-electron chi connectivity index (χ2n) is 6.05. The standard InChI is InChI=1S/C16H22ClNO2/c1-11-5-7-16(20,8-6-11)10-18-15(19)14-9-13(17)4-3-12(14)2/h3-4,9,11,20H,5-8,10H2,1-2H3,(H,18,19). The third-order valence-electron chi connectivity index (χ3n) is 4.23. The van der Waals surface area contributed by atoms with Crippen LogP contribution in [-0.2, 0) is 0 Å². The molecule has 0 aromatic heterocycles. The number of nitrogens with one attached hydrogen (secondary N) is 1. The highest BCUT2D eigenvalue weighted by Gasteiger charge is 2.32. The Labute approximate surface area is 125 Å². The first-order valence-electron chi connectivity index (χ1n) is 7.16. The third-order valence-corrected chi connectivity index (χ3v) is 4.46. The summed E-state index contributed by atoms with van der Waals surface area (Å²) < 4.78 is 0. The van der Waals surface area contributed by atoms with Gasteiger partial charge in [-0.2, -0.15) is 0 Å². The summed E-state index contributed by atoms with van der Waals surface area (Å²) in [5.74, 6) is 0.498. The normalized spacial score (nSPS) is 26.3. The molecule has 0 heterocycles. The SMILES string of the molecule is Cc1ccc(Cl)cc1C(=O)NCC1(O)CCC(C)CC1. The molecule has 1 aromatic carbocycles. The van der Waals surface area contributed by atoms with Gasteiger partial charge in [0.1, 0.15) is 0 Å². The molecule has 0 unspecified atom stereocenters. The number of rotatable bonds is 3. The first kappa shape index (κ1) is 15.3. The number of aliphatic hydroxyl groups is 1. The minimum absolute atomic E-state index is 0.169. The van der Waals surface area contributed by atoms with E-state index in [0.29, 0.717) is 23.0 Å². The molecular weight excluding hydrogens is 274 g/mol. The van der Waals surface area contributed by atoms with Gasteiger partial charge in [-0.25, -0.2) is 0 Å². The van der Waals surface area contributed by atoms with Gasteiger partial charge in [0, 0.05) is 17.1 Å². The molecule has 0 radical (unpaired) electrons. The van der Waals surface area contributed by atoms with Crippen molar-refractivity contribution in [2.75, 3.05) is 6.54 Å². The van der Waals surface area contributed by atoms with Crippen molar-refractivity contribution in [2.45, 2.75) is 45.1 Å². The molecule has 3 nitrogen and oxygen atoms in total. The predicted molar refractivity (Wildman–Crippen MR) is 81.1 cm³/mol. The summed E-state index contributed by atoms with van der Waals surface area (Å²) in [4.78, 5) is 12.2. The molecule has 0 spiro atoms. The maximum absolute atomic E-state index is 12.2. The molecule has 0 aliphatic heterocycles. The summed E-state index contributed by atoms with van der Waals surface area (Å²) in [6.45, 7) is 4.39. The summed E-state index contributed by atoms with van der Waals surface area (Å²) in [6.07, 6.45) is 3.54.